The number of aryl methyl sites for hydroxylation is 3. The van der Waals surface area contributed by atoms with E-state index >= 15 is 0 Å². The molecule has 0 saturated heterocycles. The molecule has 5 heteroatoms. The van der Waals surface area contributed by atoms with Crippen LogP contribution in [0.4, 0.5) is 10.1 Å². The summed E-state index contributed by atoms with van der Waals surface area (Å²) in [6.45, 7) is 5.93. The number of hydrogen-bond donors (Lipinski definition) is 1. The van der Waals surface area contributed by atoms with E-state index in [0.717, 1.165) is 22.4 Å². The molecule has 2 aromatic rings. The van der Waals surface area contributed by atoms with Gasteiger partial charge in [0.05, 0.1) is 5.71 Å². The van der Waals surface area contributed by atoms with Gasteiger partial charge in [0.2, 0.25) is 6.10 Å². The van der Waals surface area contributed by atoms with Crippen LogP contribution in [0.2, 0.25) is 0 Å². The van der Waals surface area contributed by atoms with Crippen LogP contribution < -0.4 is 5.32 Å². The average Bonchev–Trinajstić information content (AvgIpc) is 3.00. The fourth-order valence-electron chi connectivity index (χ4n) is 2.94. The van der Waals surface area contributed by atoms with Crippen molar-refractivity contribution in [3.05, 3.63) is 64.5 Å². The number of nitrogens with one attached hydrogen (secondary N) is 1. The van der Waals surface area contributed by atoms with Crippen molar-refractivity contribution in [3.63, 3.8) is 0 Å². The van der Waals surface area contributed by atoms with Gasteiger partial charge in [-0.25, -0.2) is 4.39 Å². The average molecular weight is 326 g/mol. The standard InChI is InChI=1S/C19H19FN2O2/c1-11-7-12(2)18(13(3)8-11)21-19(23)17-10-16(22-24-17)14-5-4-6-15(20)9-14/h4-9,17H,10H2,1-3H3,(H,21,23). The number of anilines is 1. The number of hydrogen-bond acceptors (Lipinski definition) is 3. The van der Waals surface area contributed by atoms with E-state index in [1.54, 1.807) is 12.1 Å². The Morgan fingerprint density at radius 2 is 1.92 bits per heavy atom. The molecule has 0 saturated carbocycles. The molecule has 1 heterocycles. The molecule has 4 nitrogen and oxygen atoms in total. The van der Waals surface area contributed by atoms with E-state index in [2.05, 4.69) is 10.5 Å². The zero-order chi connectivity index (χ0) is 17.3. The van der Waals surface area contributed by atoms with E-state index in [9.17, 15) is 9.18 Å². The zero-order valence-corrected chi connectivity index (χ0v) is 13.9. The van der Waals surface area contributed by atoms with E-state index in [-0.39, 0.29) is 11.7 Å². The Morgan fingerprint density at radius 3 is 2.58 bits per heavy atom. The van der Waals surface area contributed by atoms with Gasteiger partial charge in [-0.1, -0.05) is 35.0 Å². The summed E-state index contributed by atoms with van der Waals surface area (Å²) in [6, 6.07) is 10.2. The Bertz CT molecular complexity index is 807. The molecule has 0 bridgehead atoms. The number of nitrogens with zero attached hydrogens (tertiary/aromatic N) is 1. The van der Waals surface area contributed by atoms with Crippen LogP contribution in [0.1, 0.15) is 28.7 Å². The number of carbonyl (C=O) groups is 1. The van der Waals surface area contributed by atoms with Crippen LogP contribution in [0.15, 0.2) is 41.6 Å². The monoisotopic (exact) mass is 326 g/mol. The van der Waals surface area contributed by atoms with Gasteiger partial charge >= 0.3 is 0 Å². The third kappa shape index (κ3) is 3.30. The summed E-state index contributed by atoms with van der Waals surface area (Å²) in [5.74, 6) is -0.589. The summed E-state index contributed by atoms with van der Waals surface area (Å²) in [5.41, 5.74) is 5.17. The number of amides is 1. The first-order valence-electron chi connectivity index (χ1n) is 7.81. The van der Waals surface area contributed by atoms with Gasteiger partial charge in [-0.15, -0.1) is 0 Å². The van der Waals surface area contributed by atoms with Gasteiger partial charge in [-0.3, -0.25) is 4.79 Å². The highest BCUT2D eigenvalue weighted by Crippen LogP contribution is 2.24. The first-order valence-corrected chi connectivity index (χ1v) is 7.81. The molecule has 1 N–H and O–H groups in total. The normalized spacial score (nSPS) is 16.5. The van der Waals surface area contributed by atoms with Gasteiger partial charge in [-0.2, -0.15) is 0 Å². The van der Waals surface area contributed by atoms with Crippen molar-refractivity contribution in [1.82, 2.24) is 0 Å². The van der Waals surface area contributed by atoms with Gasteiger partial charge in [0.15, 0.2) is 0 Å². The van der Waals surface area contributed by atoms with Gasteiger partial charge in [-0.05, 0) is 44.0 Å². The molecule has 24 heavy (non-hydrogen) atoms. The summed E-state index contributed by atoms with van der Waals surface area (Å²) >= 11 is 0. The van der Waals surface area contributed by atoms with Gasteiger partial charge in [0.1, 0.15) is 5.82 Å². The maximum Gasteiger partial charge on any atom is 0.268 e. The predicted octanol–water partition coefficient (Wildman–Crippen LogP) is 3.88. The molecular formula is C19H19FN2O2. The SMILES string of the molecule is Cc1cc(C)c(NC(=O)C2CC(c3cccc(F)c3)=NO2)c(C)c1. The minimum Gasteiger partial charge on any atom is -0.382 e. The summed E-state index contributed by atoms with van der Waals surface area (Å²) in [7, 11) is 0. The van der Waals surface area contributed by atoms with Crippen LogP contribution in [0.25, 0.3) is 0 Å². The Balaban J connectivity index is 1.70. The maximum absolute atomic E-state index is 13.3. The number of halogens is 1. The highest BCUT2D eigenvalue weighted by molar-refractivity contribution is 6.06. The highest BCUT2D eigenvalue weighted by atomic mass is 19.1. The van der Waals surface area contributed by atoms with E-state index in [0.29, 0.717) is 17.7 Å². The third-order valence-corrected chi connectivity index (χ3v) is 4.04. The minimum absolute atomic E-state index is 0.250. The van der Waals surface area contributed by atoms with Crippen LogP contribution in [0, 0.1) is 26.6 Å². The fraction of sp³-hybridized carbons (Fsp3) is 0.263. The molecule has 1 atom stereocenters. The van der Waals surface area contributed by atoms with Crippen LogP contribution in [0.3, 0.4) is 0 Å². The lowest BCUT2D eigenvalue weighted by atomic mass is 10.0. The molecule has 0 spiro atoms. The molecule has 0 aromatic heterocycles. The van der Waals surface area contributed by atoms with Crippen LogP contribution in [0.5, 0.6) is 0 Å². The highest BCUT2D eigenvalue weighted by Gasteiger charge is 2.29. The summed E-state index contributed by atoms with van der Waals surface area (Å²) in [5, 5.41) is 6.86. The second kappa shape index (κ2) is 6.43. The molecule has 1 aliphatic heterocycles. The van der Waals surface area contributed by atoms with Crippen molar-refractivity contribution in [2.75, 3.05) is 5.32 Å². The van der Waals surface area contributed by atoms with Gasteiger partial charge in [0.25, 0.3) is 5.91 Å². The maximum atomic E-state index is 13.3. The summed E-state index contributed by atoms with van der Waals surface area (Å²) in [4.78, 5) is 17.7. The van der Waals surface area contributed by atoms with Crippen molar-refractivity contribution in [3.8, 4) is 0 Å². The Hall–Kier alpha value is -2.69. The first kappa shape index (κ1) is 16.2. The predicted molar refractivity (Wildman–Crippen MR) is 91.7 cm³/mol. The van der Waals surface area contributed by atoms with Gasteiger partial charge in [0, 0.05) is 17.7 Å². The van der Waals surface area contributed by atoms with Crippen molar-refractivity contribution < 1.29 is 14.0 Å². The lowest BCUT2D eigenvalue weighted by Crippen LogP contribution is -2.28. The number of rotatable bonds is 3. The summed E-state index contributed by atoms with van der Waals surface area (Å²) in [6.07, 6.45) is -0.387. The molecule has 124 valence electrons. The van der Waals surface area contributed by atoms with Crippen molar-refractivity contribution in [2.24, 2.45) is 5.16 Å². The number of oxime groups is 1. The van der Waals surface area contributed by atoms with Crippen LogP contribution in [-0.2, 0) is 9.63 Å². The summed E-state index contributed by atoms with van der Waals surface area (Å²) < 4.78 is 13.3. The number of benzene rings is 2. The third-order valence-electron chi connectivity index (χ3n) is 4.04. The molecular weight excluding hydrogens is 307 g/mol. The largest absolute Gasteiger partial charge is 0.382 e. The van der Waals surface area contributed by atoms with Crippen molar-refractivity contribution in [1.29, 1.82) is 0 Å². The lowest BCUT2D eigenvalue weighted by Gasteiger charge is -2.14. The second-order valence-corrected chi connectivity index (χ2v) is 6.11. The molecule has 0 fully saturated rings. The molecule has 0 radical (unpaired) electrons. The Kier molecular flexibility index (Phi) is 4.34. The number of carbonyl (C=O) groups excluding carboxylic acids is 1. The van der Waals surface area contributed by atoms with Crippen LogP contribution in [-0.4, -0.2) is 17.7 Å². The van der Waals surface area contributed by atoms with Crippen molar-refractivity contribution in [2.45, 2.75) is 33.3 Å². The quantitative estimate of drug-likeness (QED) is 0.930. The molecule has 1 aliphatic rings. The topological polar surface area (TPSA) is 50.7 Å². The fourth-order valence-corrected chi connectivity index (χ4v) is 2.94. The molecule has 2 aromatic carbocycles. The molecule has 3 rings (SSSR count). The minimum atomic E-state index is -0.705. The lowest BCUT2D eigenvalue weighted by molar-refractivity contribution is -0.125. The van der Waals surface area contributed by atoms with E-state index in [1.165, 1.54) is 12.1 Å². The Labute approximate surface area is 140 Å². The second-order valence-electron chi connectivity index (χ2n) is 6.11. The van der Waals surface area contributed by atoms with E-state index in [1.807, 2.05) is 32.9 Å². The van der Waals surface area contributed by atoms with E-state index in [4.69, 9.17) is 4.84 Å². The van der Waals surface area contributed by atoms with Crippen molar-refractivity contribution >= 4 is 17.3 Å². The van der Waals surface area contributed by atoms with Crippen LogP contribution >= 0.6 is 0 Å². The molecule has 1 amide bonds. The first-order chi connectivity index (χ1) is 11.4. The zero-order valence-electron chi connectivity index (χ0n) is 13.9. The van der Waals surface area contributed by atoms with E-state index < -0.39 is 6.10 Å². The molecule has 1 unspecified atom stereocenters. The molecule has 0 aliphatic carbocycles. The smallest absolute Gasteiger partial charge is 0.268 e. The Morgan fingerprint density at radius 1 is 1.21 bits per heavy atom. The van der Waals surface area contributed by atoms with Gasteiger partial charge < -0.3 is 10.2 Å².